The van der Waals surface area contributed by atoms with Gasteiger partial charge < -0.3 is 14.7 Å². The smallest absolute Gasteiger partial charge is 0.344 e. The summed E-state index contributed by atoms with van der Waals surface area (Å²) in [7, 11) is 3.66. The minimum Gasteiger partial charge on any atom is -0.505 e. The summed E-state index contributed by atoms with van der Waals surface area (Å²) in [5.74, 6) is 0.330. The maximum Gasteiger partial charge on any atom is 0.344 e. The molecule has 0 unspecified atom stereocenters. The first kappa shape index (κ1) is 9.96. The molecular formula is C13H11NO3. The van der Waals surface area contributed by atoms with Crippen LogP contribution in [-0.4, -0.2) is 25.2 Å². The van der Waals surface area contributed by atoms with Crippen molar-refractivity contribution in [3.05, 3.63) is 29.8 Å². The van der Waals surface area contributed by atoms with Crippen molar-refractivity contribution >= 4 is 22.4 Å². The molecule has 0 saturated carbocycles. The predicted octanol–water partition coefficient (Wildman–Crippen LogP) is 2.14. The number of benzene rings is 2. The molecule has 0 atom stereocenters. The molecule has 0 amide bonds. The van der Waals surface area contributed by atoms with E-state index in [1.54, 1.807) is 29.2 Å². The third kappa shape index (κ3) is 1.21. The number of aromatic hydroxyl groups is 1. The Bertz CT molecular complexity index is 647. The molecule has 0 aromatic heterocycles. The van der Waals surface area contributed by atoms with Crippen molar-refractivity contribution in [2.75, 3.05) is 19.0 Å². The van der Waals surface area contributed by atoms with Crippen molar-refractivity contribution in [3.63, 3.8) is 0 Å². The summed E-state index contributed by atoms with van der Waals surface area (Å²) in [6.45, 7) is 0. The highest BCUT2D eigenvalue weighted by atomic mass is 16.5. The Balaban J connectivity index is 2.46. The number of phenolic OH excluding ortho intramolecular Hbond substituents is 1. The number of esters is 1. The van der Waals surface area contributed by atoms with Gasteiger partial charge in [-0.25, -0.2) is 4.79 Å². The Hall–Kier alpha value is -2.23. The van der Waals surface area contributed by atoms with Crippen LogP contribution in [0, 0.1) is 0 Å². The van der Waals surface area contributed by atoms with Gasteiger partial charge in [0.05, 0.1) is 11.3 Å². The fourth-order valence-electron chi connectivity index (χ4n) is 2.16. The lowest BCUT2D eigenvalue weighted by atomic mass is 10.0. The molecule has 0 saturated heterocycles. The topological polar surface area (TPSA) is 49.8 Å². The average Bonchev–Trinajstić information content (AvgIpc) is 2.62. The summed E-state index contributed by atoms with van der Waals surface area (Å²) < 4.78 is 5.19. The number of phenols is 1. The van der Waals surface area contributed by atoms with Crippen LogP contribution in [0.3, 0.4) is 0 Å². The summed E-state index contributed by atoms with van der Waals surface area (Å²) in [6, 6.07) is 6.92. The third-order valence-corrected chi connectivity index (χ3v) is 2.98. The van der Waals surface area contributed by atoms with Gasteiger partial charge in [0.2, 0.25) is 0 Å². The number of hydrogen-bond donors (Lipinski definition) is 1. The zero-order valence-corrected chi connectivity index (χ0v) is 9.52. The van der Waals surface area contributed by atoms with E-state index in [0.717, 1.165) is 0 Å². The molecule has 17 heavy (non-hydrogen) atoms. The van der Waals surface area contributed by atoms with Crippen molar-refractivity contribution in [2.45, 2.75) is 0 Å². The maximum absolute atomic E-state index is 11.6. The number of anilines is 1. The number of hydrogen-bond acceptors (Lipinski definition) is 4. The largest absolute Gasteiger partial charge is 0.505 e. The molecule has 0 aliphatic carbocycles. The summed E-state index contributed by atoms with van der Waals surface area (Å²) in [6.07, 6.45) is 0. The maximum atomic E-state index is 11.6. The quantitative estimate of drug-likeness (QED) is 0.601. The zero-order valence-electron chi connectivity index (χ0n) is 9.52. The fraction of sp³-hybridized carbons (Fsp3) is 0.154. The van der Waals surface area contributed by atoms with E-state index in [-0.39, 0.29) is 11.7 Å². The molecule has 2 aromatic carbocycles. The molecule has 0 bridgehead atoms. The third-order valence-electron chi connectivity index (χ3n) is 2.98. The lowest BCUT2D eigenvalue weighted by Gasteiger charge is -2.16. The Labute approximate surface area is 98.0 Å². The standard InChI is InChI=1S/C13H11NO3/c1-14(2)9-6-10-11-7(12(9)15)4-3-5-8(11)13(16)17-10/h3-6,15H,1-2H3. The Kier molecular flexibility index (Phi) is 1.84. The highest BCUT2D eigenvalue weighted by Crippen LogP contribution is 2.44. The monoisotopic (exact) mass is 229 g/mol. The van der Waals surface area contributed by atoms with E-state index in [0.29, 0.717) is 27.8 Å². The van der Waals surface area contributed by atoms with Crippen molar-refractivity contribution < 1.29 is 14.6 Å². The van der Waals surface area contributed by atoms with Gasteiger partial charge in [-0.15, -0.1) is 0 Å². The van der Waals surface area contributed by atoms with Crippen molar-refractivity contribution in [1.29, 1.82) is 0 Å². The summed E-state index contributed by atoms with van der Waals surface area (Å²) in [5.41, 5.74) is 1.15. The molecule has 1 aliphatic rings. The van der Waals surface area contributed by atoms with E-state index in [1.807, 2.05) is 14.1 Å². The van der Waals surface area contributed by atoms with Crippen LogP contribution in [0.25, 0.3) is 10.8 Å². The first-order chi connectivity index (χ1) is 8.09. The molecule has 0 spiro atoms. The number of nitrogens with zero attached hydrogens (tertiary/aromatic N) is 1. The molecule has 0 radical (unpaired) electrons. The number of carbonyl (C=O) groups excluding carboxylic acids is 1. The van der Waals surface area contributed by atoms with Crippen LogP contribution in [0.4, 0.5) is 5.69 Å². The van der Waals surface area contributed by atoms with Gasteiger partial charge in [-0.2, -0.15) is 0 Å². The van der Waals surface area contributed by atoms with Crippen LogP contribution >= 0.6 is 0 Å². The molecule has 1 aliphatic heterocycles. The lowest BCUT2D eigenvalue weighted by Crippen LogP contribution is -2.09. The number of carbonyl (C=O) groups is 1. The van der Waals surface area contributed by atoms with Crippen molar-refractivity contribution in [1.82, 2.24) is 0 Å². The molecule has 1 N–H and O–H groups in total. The van der Waals surface area contributed by atoms with E-state index in [2.05, 4.69) is 0 Å². The minimum atomic E-state index is -0.360. The lowest BCUT2D eigenvalue weighted by molar-refractivity contribution is 0.0754. The molecule has 4 nitrogen and oxygen atoms in total. The van der Waals surface area contributed by atoms with E-state index in [4.69, 9.17) is 4.74 Å². The second-order valence-electron chi connectivity index (χ2n) is 4.25. The van der Waals surface area contributed by atoms with Gasteiger partial charge in [0.15, 0.2) is 0 Å². The van der Waals surface area contributed by atoms with Gasteiger partial charge in [0, 0.05) is 30.9 Å². The predicted molar refractivity (Wildman–Crippen MR) is 64.9 cm³/mol. The molecular weight excluding hydrogens is 218 g/mol. The highest BCUT2D eigenvalue weighted by molar-refractivity contribution is 6.15. The normalized spacial score (nSPS) is 12.9. The Morgan fingerprint density at radius 2 is 2.06 bits per heavy atom. The molecule has 86 valence electrons. The van der Waals surface area contributed by atoms with Gasteiger partial charge in [-0.1, -0.05) is 12.1 Å². The minimum absolute atomic E-state index is 0.175. The van der Waals surface area contributed by atoms with Crippen LogP contribution < -0.4 is 9.64 Å². The van der Waals surface area contributed by atoms with Crippen LogP contribution in [0.2, 0.25) is 0 Å². The van der Waals surface area contributed by atoms with Crippen LogP contribution in [0.1, 0.15) is 10.4 Å². The summed E-state index contributed by atoms with van der Waals surface area (Å²) in [4.78, 5) is 13.4. The average molecular weight is 229 g/mol. The molecule has 2 aromatic rings. The number of ether oxygens (including phenoxy) is 1. The summed E-state index contributed by atoms with van der Waals surface area (Å²) >= 11 is 0. The fourth-order valence-corrected chi connectivity index (χ4v) is 2.16. The Morgan fingerprint density at radius 3 is 2.76 bits per heavy atom. The second-order valence-corrected chi connectivity index (χ2v) is 4.25. The van der Waals surface area contributed by atoms with E-state index >= 15 is 0 Å². The zero-order chi connectivity index (χ0) is 12.2. The van der Waals surface area contributed by atoms with Gasteiger partial charge in [0.1, 0.15) is 11.5 Å². The SMILES string of the molecule is CN(C)c1cc2c3c(cccc3c1O)C(=O)O2. The van der Waals surface area contributed by atoms with Gasteiger partial charge in [-0.05, 0) is 6.07 Å². The van der Waals surface area contributed by atoms with Crippen LogP contribution in [0.5, 0.6) is 11.5 Å². The van der Waals surface area contributed by atoms with Crippen molar-refractivity contribution in [2.24, 2.45) is 0 Å². The highest BCUT2D eigenvalue weighted by Gasteiger charge is 2.26. The van der Waals surface area contributed by atoms with Crippen molar-refractivity contribution in [3.8, 4) is 11.5 Å². The van der Waals surface area contributed by atoms with Crippen LogP contribution in [0.15, 0.2) is 24.3 Å². The van der Waals surface area contributed by atoms with E-state index < -0.39 is 0 Å². The van der Waals surface area contributed by atoms with E-state index in [1.165, 1.54) is 0 Å². The number of rotatable bonds is 1. The first-order valence-corrected chi connectivity index (χ1v) is 5.28. The molecule has 1 heterocycles. The van der Waals surface area contributed by atoms with Crippen LogP contribution in [-0.2, 0) is 0 Å². The van der Waals surface area contributed by atoms with E-state index in [9.17, 15) is 9.90 Å². The van der Waals surface area contributed by atoms with Gasteiger partial charge >= 0.3 is 5.97 Å². The molecule has 3 rings (SSSR count). The first-order valence-electron chi connectivity index (χ1n) is 5.28. The molecule has 0 fully saturated rings. The Morgan fingerprint density at radius 1 is 1.29 bits per heavy atom. The molecule has 4 heteroatoms. The van der Waals surface area contributed by atoms with Gasteiger partial charge in [-0.3, -0.25) is 0 Å². The van der Waals surface area contributed by atoms with Gasteiger partial charge in [0.25, 0.3) is 0 Å². The summed E-state index contributed by atoms with van der Waals surface area (Å²) in [5, 5.41) is 11.5. The second kappa shape index (κ2) is 3.13.